The second-order valence-corrected chi connectivity index (χ2v) is 4.95. The Balaban J connectivity index is 4.35. The molecule has 0 aliphatic heterocycles. The van der Waals surface area contributed by atoms with Crippen molar-refractivity contribution in [3.8, 4) is 0 Å². The average Bonchev–Trinajstić information content (AvgIpc) is 2.11. The van der Waals surface area contributed by atoms with Gasteiger partial charge in [-0.2, -0.15) is 0 Å². The van der Waals surface area contributed by atoms with E-state index in [1.54, 1.807) is 0 Å². The van der Waals surface area contributed by atoms with Crippen LogP contribution in [0.3, 0.4) is 0 Å². The molecule has 0 aliphatic rings. The van der Waals surface area contributed by atoms with Crippen LogP contribution in [0.1, 0.15) is 60.3 Å². The van der Waals surface area contributed by atoms with Crippen LogP contribution in [0.4, 0.5) is 0 Å². The SMILES string of the molecule is CCCCCC(NN)(C(C)C)C(C)C. The summed E-state index contributed by atoms with van der Waals surface area (Å²) in [4.78, 5) is 0. The van der Waals surface area contributed by atoms with Crippen molar-refractivity contribution < 1.29 is 0 Å². The van der Waals surface area contributed by atoms with Crippen LogP contribution in [-0.4, -0.2) is 5.54 Å². The van der Waals surface area contributed by atoms with Gasteiger partial charge in [0.15, 0.2) is 0 Å². The zero-order valence-electron chi connectivity index (χ0n) is 10.6. The molecule has 0 bridgehead atoms. The molecule has 0 heterocycles. The van der Waals surface area contributed by atoms with Crippen LogP contribution < -0.4 is 11.3 Å². The van der Waals surface area contributed by atoms with Gasteiger partial charge in [0.2, 0.25) is 0 Å². The molecule has 86 valence electrons. The predicted molar refractivity (Wildman–Crippen MR) is 63.9 cm³/mol. The van der Waals surface area contributed by atoms with Gasteiger partial charge in [0.1, 0.15) is 0 Å². The number of unbranched alkanes of at least 4 members (excludes halogenated alkanes) is 2. The lowest BCUT2D eigenvalue weighted by Crippen LogP contribution is -2.56. The molecule has 0 saturated carbocycles. The first-order valence-corrected chi connectivity index (χ1v) is 5.99. The van der Waals surface area contributed by atoms with Gasteiger partial charge in [-0.1, -0.05) is 53.9 Å². The van der Waals surface area contributed by atoms with Crippen LogP contribution in [-0.2, 0) is 0 Å². The molecule has 0 spiro atoms. The monoisotopic (exact) mass is 200 g/mol. The van der Waals surface area contributed by atoms with Crippen LogP contribution in [0.5, 0.6) is 0 Å². The van der Waals surface area contributed by atoms with Crippen LogP contribution in [0.25, 0.3) is 0 Å². The van der Waals surface area contributed by atoms with Crippen molar-refractivity contribution in [2.75, 3.05) is 0 Å². The van der Waals surface area contributed by atoms with E-state index in [0.29, 0.717) is 11.8 Å². The number of rotatable bonds is 7. The predicted octanol–water partition coefficient (Wildman–Crippen LogP) is 3.08. The summed E-state index contributed by atoms with van der Waals surface area (Å²) < 4.78 is 0. The summed E-state index contributed by atoms with van der Waals surface area (Å²) in [6.45, 7) is 11.3. The summed E-state index contributed by atoms with van der Waals surface area (Å²) in [6.07, 6.45) is 5.05. The summed E-state index contributed by atoms with van der Waals surface area (Å²) in [7, 11) is 0. The van der Waals surface area contributed by atoms with Gasteiger partial charge >= 0.3 is 0 Å². The maximum atomic E-state index is 5.74. The summed E-state index contributed by atoms with van der Waals surface area (Å²) in [5.74, 6) is 6.92. The molecule has 0 aromatic rings. The third-order valence-electron chi connectivity index (χ3n) is 3.52. The van der Waals surface area contributed by atoms with Gasteiger partial charge in [0.25, 0.3) is 0 Å². The Kier molecular flexibility index (Phi) is 6.38. The largest absolute Gasteiger partial charge is 0.271 e. The average molecular weight is 200 g/mol. The first-order chi connectivity index (χ1) is 6.51. The molecule has 0 unspecified atom stereocenters. The lowest BCUT2D eigenvalue weighted by molar-refractivity contribution is 0.147. The molecule has 3 N–H and O–H groups in total. The Morgan fingerprint density at radius 1 is 1.07 bits per heavy atom. The van der Waals surface area contributed by atoms with E-state index in [2.05, 4.69) is 40.0 Å². The van der Waals surface area contributed by atoms with Crippen molar-refractivity contribution in [2.24, 2.45) is 17.7 Å². The molecule has 0 amide bonds. The van der Waals surface area contributed by atoms with E-state index in [0.717, 1.165) is 0 Å². The molecule has 0 saturated heterocycles. The fraction of sp³-hybridized carbons (Fsp3) is 1.00. The van der Waals surface area contributed by atoms with Gasteiger partial charge < -0.3 is 0 Å². The molecule has 0 aliphatic carbocycles. The summed E-state index contributed by atoms with van der Waals surface area (Å²) in [6, 6.07) is 0. The van der Waals surface area contributed by atoms with E-state index in [9.17, 15) is 0 Å². The van der Waals surface area contributed by atoms with E-state index in [-0.39, 0.29) is 5.54 Å². The van der Waals surface area contributed by atoms with Gasteiger partial charge in [-0.25, -0.2) is 0 Å². The zero-order valence-corrected chi connectivity index (χ0v) is 10.6. The molecule has 2 heteroatoms. The Labute approximate surface area is 89.6 Å². The van der Waals surface area contributed by atoms with Crippen molar-refractivity contribution in [3.63, 3.8) is 0 Å². The third-order valence-corrected chi connectivity index (χ3v) is 3.52. The van der Waals surface area contributed by atoms with Gasteiger partial charge in [0.05, 0.1) is 0 Å². The first-order valence-electron chi connectivity index (χ1n) is 5.99. The van der Waals surface area contributed by atoms with Crippen molar-refractivity contribution in [1.82, 2.24) is 5.43 Å². The van der Waals surface area contributed by atoms with E-state index in [1.165, 1.54) is 25.7 Å². The molecule has 0 radical (unpaired) electrons. The van der Waals surface area contributed by atoms with Crippen LogP contribution in [0.2, 0.25) is 0 Å². The van der Waals surface area contributed by atoms with E-state index >= 15 is 0 Å². The Morgan fingerprint density at radius 2 is 1.57 bits per heavy atom. The third kappa shape index (κ3) is 3.25. The maximum Gasteiger partial charge on any atom is 0.0367 e. The highest BCUT2D eigenvalue weighted by molar-refractivity contribution is 4.91. The molecular weight excluding hydrogens is 172 g/mol. The highest BCUT2D eigenvalue weighted by Crippen LogP contribution is 2.30. The minimum Gasteiger partial charge on any atom is -0.271 e. The van der Waals surface area contributed by atoms with Crippen molar-refractivity contribution >= 4 is 0 Å². The number of nitrogens with two attached hydrogens (primary N) is 1. The smallest absolute Gasteiger partial charge is 0.0367 e. The standard InChI is InChI=1S/C12H28N2/c1-6-7-8-9-12(14-13,10(2)3)11(4)5/h10-11,14H,6-9,13H2,1-5H3. The first kappa shape index (κ1) is 13.9. The second kappa shape index (κ2) is 6.41. The van der Waals surface area contributed by atoms with E-state index in [1.807, 2.05) is 0 Å². The Bertz CT molecular complexity index is 133. The lowest BCUT2D eigenvalue weighted by Gasteiger charge is -2.41. The topological polar surface area (TPSA) is 38.0 Å². The van der Waals surface area contributed by atoms with Gasteiger partial charge in [-0.15, -0.1) is 0 Å². The van der Waals surface area contributed by atoms with Crippen LogP contribution >= 0.6 is 0 Å². The van der Waals surface area contributed by atoms with Gasteiger partial charge in [-0.05, 0) is 18.3 Å². The molecule has 2 nitrogen and oxygen atoms in total. The van der Waals surface area contributed by atoms with Crippen molar-refractivity contribution in [3.05, 3.63) is 0 Å². The number of hydrogen-bond donors (Lipinski definition) is 2. The number of hydrazine groups is 1. The lowest BCUT2D eigenvalue weighted by atomic mass is 9.74. The molecule has 0 aromatic heterocycles. The minimum atomic E-state index is 0.120. The Hall–Kier alpha value is -0.0800. The normalized spacial score (nSPS) is 12.9. The van der Waals surface area contributed by atoms with Crippen molar-refractivity contribution in [1.29, 1.82) is 0 Å². The van der Waals surface area contributed by atoms with Crippen LogP contribution in [0.15, 0.2) is 0 Å². The quantitative estimate of drug-likeness (QED) is 0.376. The van der Waals surface area contributed by atoms with Crippen molar-refractivity contribution in [2.45, 2.75) is 65.8 Å². The van der Waals surface area contributed by atoms with E-state index < -0.39 is 0 Å². The second-order valence-electron chi connectivity index (χ2n) is 4.95. The molecule has 0 fully saturated rings. The molecule has 14 heavy (non-hydrogen) atoms. The van der Waals surface area contributed by atoms with E-state index in [4.69, 9.17) is 5.84 Å². The van der Waals surface area contributed by atoms with Gasteiger partial charge in [0, 0.05) is 5.54 Å². The highest BCUT2D eigenvalue weighted by atomic mass is 15.3. The van der Waals surface area contributed by atoms with Gasteiger partial charge in [-0.3, -0.25) is 11.3 Å². The fourth-order valence-electron chi connectivity index (χ4n) is 2.32. The number of hydrogen-bond acceptors (Lipinski definition) is 2. The fourth-order valence-corrected chi connectivity index (χ4v) is 2.32. The summed E-state index contributed by atoms with van der Waals surface area (Å²) in [5, 5.41) is 0. The molecule has 0 aromatic carbocycles. The number of nitrogens with one attached hydrogen (secondary N) is 1. The minimum absolute atomic E-state index is 0.120. The maximum absolute atomic E-state index is 5.74. The molecular formula is C12H28N2. The van der Waals surface area contributed by atoms with Crippen LogP contribution in [0, 0.1) is 11.8 Å². The summed E-state index contributed by atoms with van der Waals surface area (Å²) >= 11 is 0. The summed E-state index contributed by atoms with van der Waals surface area (Å²) in [5.41, 5.74) is 3.19. The molecule has 0 atom stereocenters. The molecule has 0 rings (SSSR count). The Morgan fingerprint density at radius 3 is 1.86 bits per heavy atom. The zero-order chi connectivity index (χ0) is 11.2. The highest BCUT2D eigenvalue weighted by Gasteiger charge is 2.35.